The summed E-state index contributed by atoms with van der Waals surface area (Å²) in [5.74, 6) is 0.254. The molecule has 0 unspecified atom stereocenters. The third-order valence-electron chi connectivity index (χ3n) is 2.22. The van der Waals surface area contributed by atoms with Crippen molar-refractivity contribution in [2.24, 2.45) is 0 Å². The van der Waals surface area contributed by atoms with Crippen LogP contribution in [0.15, 0.2) is 23.1 Å². The smallest absolute Gasteiger partial charge is 0.242 e. The predicted octanol–water partition coefficient (Wildman–Crippen LogP) is 0.763. The number of halogens is 1. The second-order valence-electron chi connectivity index (χ2n) is 3.68. The van der Waals surface area contributed by atoms with Gasteiger partial charge in [0.25, 0.3) is 0 Å². The zero-order valence-corrected chi connectivity index (χ0v) is 12.1. The van der Waals surface area contributed by atoms with E-state index in [0.717, 1.165) is 0 Å². The summed E-state index contributed by atoms with van der Waals surface area (Å²) >= 11 is 5.89. The lowest BCUT2D eigenvalue weighted by atomic mass is 10.3. The van der Waals surface area contributed by atoms with Crippen molar-refractivity contribution in [1.82, 2.24) is 10.0 Å². The lowest BCUT2D eigenvalue weighted by Gasteiger charge is -2.09. The first-order valence-corrected chi connectivity index (χ1v) is 7.30. The van der Waals surface area contributed by atoms with Crippen LogP contribution in [0.1, 0.15) is 6.92 Å². The van der Waals surface area contributed by atoms with Gasteiger partial charge >= 0.3 is 0 Å². The summed E-state index contributed by atoms with van der Waals surface area (Å²) in [5, 5.41) is 2.56. The average molecular weight is 307 g/mol. The highest BCUT2D eigenvalue weighted by molar-refractivity contribution is 7.89. The number of carbonyl (C=O) groups excluding carboxylic acids is 1. The van der Waals surface area contributed by atoms with Gasteiger partial charge in [0.05, 0.1) is 12.1 Å². The lowest BCUT2D eigenvalue weighted by Crippen LogP contribution is -2.33. The van der Waals surface area contributed by atoms with E-state index in [1.165, 1.54) is 32.2 Å². The Labute approximate surface area is 117 Å². The third-order valence-corrected chi connectivity index (χ3v) is 4.16. The second kappa shape index (κ2) is 6.74. The molecule has 1 amide bonds. The summed E-state index contributed by atoms with van der Waals surface area (Å²) in [5.41, 5.74) is 0. The van der Waals surface area contributed by atoms with Gasteiger partial charge in [-0.2, -0.15) is 0 Å². The van der Waals surface area contributed by atoms with Gasteiger partial charge in [-0.15, -0.1) is 0 Å². The highest BCUT2D eigenvalue weighted by Crippen LogP contribution is 2.25. The van der Waals surface area contributed by atoms with Gasteiger partial charge < -0.3 is 10.1 Å². The number of nitrogens with one attached hydrogen (secondary N) is 2. The van der Waals surface area contributed by atoms with Crippen LogP contribution in [-0.4, -0.2) is 34.5 Å². The highest BCUT2D eigenvalue weighted by atomic mass is 35.5. The molecule has 1 aromatic rings. The lowest BCUT2D eigenvalue weighted by molar-refractivity contribution is -0.118. The van der Waals surface area contributed by atoms with Crippen molar-refractivity contribution in [1.29, 1.82) is 0 Å². The summed E-state index contributed by atoms with van der Waals surface area (Å²) in [6.45, 7) is 1.65. The number of hydrogen-bond donors (Lipinski definition) is 2. The van der Waals surface area contributed by atoms with Gasteiger partial charge in [-0.3, -0.25) is 4.79 Å². The molecule has 0 heterocycles. The minimum atomic E-state index is -3.70. The summed E-state index contributed by atoms with van der Waals surface area (Å²) in [7, 11) is -2.24. The van der Waals surface area contributed by atoms with Gasteiger partial charge in [-0.1, -0.05) is 11.6 Å². The molecule has 0 atom stereocenters. The van der Waals surface area contributed by atoms with Gasteiger partial charge in [-0.05, 0) is 12.1 Å². The van der Waals surface area contributed by atoms with Gasteiger partial charge in [0.2, 0.25) is 15.9 Å². The molecule has 6 nitrogen and oxygen atoms in total. The van der Waals surface area contributed by atoms with E-state index in [9.17, 15) is 13.2 Å². The highest BCUT2D eigenvalue weighted by Gasteiger charge is 2.17. The molecule has 8 heteroatoms. The molecule has 0 aliphatic heterocycles. The number of methoxy groups -OCH3 is 1. The Bertz CT molecular complexity index is 560. The minimum Gasteiger partial charge on any atom is -0.497 e. The fraction of sp³-hybridized carbons (Fsp3) is 0.364. The molecular weight excluding hydrogens is 292 g/mol. The van der Waals surface area contributed by atoms with Crippen molar-refractivity contribution in [3.63, 3.8) is 0 Å². The van der Waals surface area contributed by atoms with Crippen molar-refractivity contribution in [3.05, 3.63) is 23.2 Å². The maximum atomic E-state index is 11.9. The van der Waals surface area contributed by atoms with Gasteiger partial charge in [0.1, 0.15) is 10.6 Å². The average Bonchev–Trinajstić information content (AvgIpc) is 2.34. The van der Waals surface area contributed by atoms with Crippen molar-refractivity contribution in [2.75, 3.05) is 20.2 Å². The quantitative estimate of drug-likeness (QED) is 0.760. The molecule has 0 saturated heterocycles. The third kappa shape index (κ3) is 4.70. The van der Waals surface area contributed by atoms with E-state index in [2.05, 4.69) is 10.0 Å². The maximum Gasteiger partial charge on any atom is 0.242 e. The monoisotopic (exact) mass is 306 g/mol. The van der Waals surface area contributed by atoms with E-state index < -0.39 is 10.0 Å². The Morgan fingerprint density at radius 1 is 1.37 bits per heavy atom. The van der Waals surface area contributed by atoms with Gasteiger partial charge in [-0.25, -0.2) is 13.1 Å². The molecule has 2 N–H and O–H groups in total. The molecule has 1 aromatic carbocycles. The van der Waals surface area contributed by atoms with E-state index in [1.807, 2.05) is 0 Å². The van der Waals surface area contributed by atoms with Gasteiger partial charge in [0, 0.05) is 26.1 Å². The number of ether oxygens (including phenoxy) is 1. The normalized spacial score (nSPS) is 11.1. The van der Waals surface area contributed by atoms with E-state index in [0.29, 0.717) is 5.75 Å². The molecule has 1 rings (SSSR count). The Morgan fingerprint density at radius 3 is 2.58 bits per heavy atom. The van der Waals surface area contributed by atoms with Crippen molar-refractivity contribution >= 4 is 27.5 Å². The van der Waals surface area contributed by atoms with Crippen LogP contribution in [0.5, 0.6) is 5.75 Å². The van der Waals surface area contributed by atoms with Crippen LogP contribution in [-0.2, 0) is 14.8 Å². The van der Waals surface area contributed by atoms with E-state index in [1.54, 1.807) is 0 Å². The molecular formula is C11H15ClN2O4S. The predicted molar refractivity (Wildman–Crippen MR) is 71.9 cm³/mol. The number of sulfonamides is 1. The summed E-state index contributed by atoms with van der Waals surface area (Å²) in [6.07, 6.45) is 0. The summed E-state index contributed by atoms with van der Waals surface area (Å²) < 4.78 is 31.2. The van der Waals surface area contributed by atoms with Gasteiger partial charge in [0.15, 0.2) is 0 Å². The standard InChI is InChI=1S/C11H15ClN2O4S/c1-8(15)13-5-6-14-19(16,17)11-4-3-9(18-2)7-10(11)12/h3-4,7,14H,5-6H2,1-2H3,(H,13,15). The zero-order chi connectivity index (χ0) is 14.5. The van der Waals surface area contributed by atoms with E-state index in [-0.39, 0.29) is 28.9 Å². The SMILES string of the molecule is COc1ccc(S(=O)(=O)NCCNC(C)=O)c(Cl)c1. The Kier molecular flexibility index (Phi) is 5.59. The zero-order valence-electron chi connectivity index (χ0n) is 10.6. The number of rotatable bonds is 6. The maximum absolute atomic E-state index is 11.9. The summed E-state index contributed by atoms with van der Waals surface area (Å²) in [4.78, 5) is 10.6. The van der Waals surface area contributed by atoms with Crippen LogP contribution in [0, 0.1) is 0 Å². The van der Waals surface area contributed by atoms with Crippen molar-refractivity contribution < 1.29 is 17.9 Å². The van der Waals surface area contributed by atoms with Crippen LogP contribution in [0.25, 0.3) is 0 Å². The van der Waals surface area contributed by atoms with E-state index >= 15 is 0 Å². The van der Waals surface area contributed by atoms with Crippen molar-refractivity contribution in [3.8, 4) is 5.75 Å². The topological polar surface area (TPSA) is 84.5 Å². The van der Waals surface area contributed by atoms with Crippen LogP contribution >= 0.6 is 11.6 Å². The fourth-order valence-corrected chi connectivity index (χ4v) is 2.89. The van der Waals surface area contributed by atoms with Crippen LogP contribution in [0.2, 0.25) is 5.02 Å². The molecule has 0 aliphatic rings. The van der Waals surface area contributed by atoms with Crippen LogP contribution in [0.4, 0.5) is 0 Å². The molecule has 106 valence electrons. The molecule has 0 saturated carbocycles. The molecule has 0 radical (unpaired) electrons. The van der Waals surface area contributed by atoms with Crippen molar-refractivity contribution in [2.45, 2.75) is 11.8 Å². The van der Waals surface area contributed by atoms with E-state index in [4.69, 9.17) is 16.3 Å². The number of carbonyl (C=O) groups is 1. The van der Waals surface area contributed by atoms with Crippen LogP contribution in [0.3, 0.4) is 0 Å². The Morgan fingerprint density at radius 2 is 2.05 bits per heavy atom. The summed E-state index contributed by atoms with van der Waals surface area (Å²) in [6, 6.07) is 4.29. The number of benzene rings is 1. The first-order chi connectivity index (χ1) is 8.86. The largest absolute Gasteiger partial charge is 0.497 e. The molecule has 0 fully saturated rings. The second-order valence-corrected chi connectivity index (χ2v) is 5.82. The number of hydrogen-bond acceptors (Lipinski definition) is 4. The first-order valence-electron chi connectivity index (χ1n) is 5.44. The fourth-order valence-electron chi connectivity index (χ4n) is 1.33. The molecule has 0 aromatic heterocycles. The number of amides is 1. The minimum absolute atomic E-state index is 0.0298. The Hall–Kier alpha value is -1.31. The molecule has 0 bridgehead atoms. The molecule has 19 heavy (non-hydrogen) atoms. The molecule has 0 aliphatic carbocycles. The Balaban J connectivity index is 2.74. The molecule has 0 spiro atoms. The first kappa shape index (κ1) is 15.7. The van der Waals surface area contributed by atoms with Crippen LogP contribution < -0.4 is 14.8 Å².